The Morgan fingerprint density at radius 2 is 0.980 bits per heavy atom. The van der Waals surface area contributed by atoms with E-state index in [1.54, 1.807) is 0 Å². The summed E-state index contributed by atoms with van der Waals surface area (Å²) in [6, 6.07) is 59.7. The highest BCUT2D eigenvalue weighted by Crippen LogP contribution is 2.40. The van der Waals surface area contributed by atoms with Gasteiger partial charge in [0.05, 0.1) is 22.1 Å². The Labute approximate surface area is 292 Å². The zero-order valence-corrected chi connectivity index (χ0v) is 27.4. The molecule has 4 heterocycles. The minimum Gasteiger partial charge on any atom is -0.452 e. The van der Waals surface area contributed by atoms with Crippen molar-refractivity contribution in [3.63, 3.8) is 0 Å². The molecule has 0 saturated carbocycles. The predicted octanol–water partition coefficient (Wildman–Crippen LogP) is 11.9. The molecule has 0 aliphatic heterocycles. The van der Waals surface area contributed by atoms with Crippen molar-refractivity contribution in [2.24, 2.45) is 0 Å². The fourth-order valence-corrected chi connectivity index (χ4v) is 7.87. The maximum absolute atomic E-state index is 6.58. The van der Waals surface area contributed by atoms with Crippen LogP contribution in [-0.4, -0.2) is 19.1 Å². The van der Waals surface area contributed by atoms with Gasteiger partial charge in [-0.3, -0.25) is 4.57 Å². The molecule has 0 atom stereocenters. The Balaban J connectivity index is 1.18. The number of benzene rings is 7. The summed E-state index contributed by atoms with van der Waals surface area (Å²) in [6.07, 6.45) is 0. The smallest absolute Gasteiger partial charge is 0.236 e. The lowest BCUT2D eigenvalue weighted by Gasteiger charge is -2.11. The molecule has 0 aliphatic carbocycles. The Morgan fingerprint density at radius 1 is 0.392 bits per heavy atom. The fourth-order valence-electron chi connectivity index (χ4n) is 7.87. The standard InChI is InChI=1S/C46H28N4O/c1-2-13-29(14-3-1)30-15-12-16-32(27-30)49-38-21-8-6-19-35(38)37-28-31(25-26-41(37)49)43-45-44(36-20-7-11-24-42(36)51-45)48-46(47-43)50-39-22-9-4-17-33(39)34-18-5-10-23-40(34)50/h1-28H. The molecule has 0 saturated heterocycles. The van der Waals surface area contributed by atoms with Crippen LogP contribution in [0.4, 0.5) is 0 Å². The topological polar surface area (TPSA) is 48.8 Å². The Hall–Kier alpha value is -6.98. The van der Waals surface area contributed by atoms with Gasteiger partial charge in [0.2, 0.25) is 5.95 Å². The molecular formula is C46H28N4O. The molecular weight excluding hydrogens is 625 g/mol. The summed E-state index contributed by atoms with van der Waals surface area (Å²) in [5, 5.41) is 5.63. The van der Waals surface area contributed by atoms with Crippen LogP contribution in [0.2, 0.25) is 0 Å². The predicted molar refractivity (Wildman–Crippen MR) is 209 cm³/mol. The average Bonchev–Trinajstić information content (AvgIpc) is 3.85. The van der Waals surface area contributed by atoms with Gasteiger partial charge in [-0.2, -0.15) is 0 Å². The lowest BCUT2D eigenvalue weighted by molar-refractivity contribution is 0.666. The largest absolute Gasteiger partial charge is 0.452 e. The molecule has 51 heavy (non-hydrogen) atoms. The number of hydrogen-bond acceptors (Lipinski definition) is 3. The molecule has 0 bridgehead atoms. The molecule has 0 N–H and O–H groups in total. The van der Waals surface area contributed by atoms with Gasteiger partial charge < -0.3 is 8.98 Å². The minimum atomic E-state index is 0.613. The van der Waals surface area contributed by atoms with Crippen LogP contribution in [-0.2, 0) is 0 Å². The normalized spacial score (nSPS) is 11.9. The summed E-state index contributed by atoms with van der Waals surface area (Å²) in [7, 11) is 0. The molecule has 0 amide bonds. The van der Waals surface area contributed by atoms with Crippen molar-refractivity contribution in [1.29, 1.82) is 0 Å². The molecule has 0 radical (unpaired) electrons. The number of rotatable bonds is 4. The Morgan fingerprint density at radius 3 is 1.73 bits per heavy atom. The SMILES string of the molecule is c1ccc(-c2cccc(-n3c4ccccc4c4cc(-c5nc(-n6c7ccccc7c7ccccc76)nc6c5oc5ccccc56)ccc43)c2)cc1. The molecule has 11 rings (SSSR count). The summed E-state index contributed by atoms with van der Waals surface area (Å²) >= 11 is 0. The van der Waals surface area contributed by atoms with Crippen LogP contribution in [0.5, 0.6) is 0 Å². The van der Waals surface area contributed by atoms with Crippen LogP contribution >= 0.6 is 0 Å². The number of nitrogens with zero attached hydrogens (tertiary/aromatic N) is 4. The van der Waals surface area contributed by atoms with E-state index in [9.17, 15) is 0 Å². The summed E-state index contributed by atoms with van der Waals surface area (Å²) in [6.45, 7) is 0. The lowest BCUT2D eigenvalue weighted by atomic mass is 10.0. The first-order chi connectivity index (χ1) is 25.3. The van der Waals surface area contributed by atoms with Crippen molar-refractivity contribution in [2.75, 3.05) is 0 Å². The van der Waals surface area contributed by atoms with Gasteiger partial charge in [0.25, 0.3) is 0 Å². The summed E-state index contributed by atoms with van der Waals surface area (Å²) in [5.41, 5.74) is 11.9. The first kappa shape index (κ1) is 27.9. The van der Waals surface area contributed by atoms with E-state index in [0.717, 1.165) is 60.9 Å². The molecule has 0 spiro atoms. The molecule has 0 fully saturated rings. The zero-order chi connectivity index (χ0) is 33.5. The van der Waals surface area contributed by atoms with Gasteiger partial charge in [-0.15, -0.1) is 0 Å². The van der Waals surface area contributed by atoms with Gasteiger partial charge in [-0.05, 0) is 65.7 Å². The quantitative estimate of drug-likeness (QED) is 0.190. The molecule has 4 aromatic heterocycles. The molecule has 5 heteroatoms. The number of hydrogen-bond donors (Lipinski definition) is 0. The number of fused-ring (bicyclic) bond motifs is 9. The van der Waals surface area contributed by atoms with Crippen LogP contribution < -0.4 is 0 Å². The van der Waals surface area contributed by atoms with Gasteiger partial charge in [0.1, 0.15) is 16.8 Å². The Bertz CT molecular complexity index is 3090. The number of furan rings is 1. The first-order valence-electron chi connectivity index (χ1n) is 17.2. The van der Waals surface area contributed by atoms with Gasteiger partial charge in [0.15, 0.2) is 5.58 Å². The second-order valence-corrected chi connectivity index (χ2v) is 13.0. The van der Waals surface area contributed by atoms with Crippen LogP contribution in [0.15, 0.2) is 174 Å². The molecule has 0 unspecified atom stereocenters. The van der Waals surface area contributed by atoms with Crippen LogP contribution in [0, 0.1) is 0 Å². The van der Waals surface area contributed by atoms with Crippen molar-refractivity contribution in [2.45, 2.75) is 0 Å². The van der Waals surface area contributed by atoms with E-state index in [4.69, 9.17) is 14.4 Å². The fraction of sp³-hybridized carbons (Fsp3) is 0. The third-order valence-electron chi connectivity index (χ3n) is 10.1. The maximum atomic E-state index is 6.58. The monoisotopic (exact) mass is 652 g/mol. The molecule has 11 aromatic rings. The van der Waals surface area contributed by atoms with Crippen LogP contribution in [0.3, 0.4) is 0 Å². The van der Waals surface area contributed by atoms with Gasteiger partial charge >= 0.3 is 0 Å². The van der Waals surface area contributed by atoms with Crippen LogP contribution in [0.1, 0.15) is 0 Å². The zero-order valence-electron chi connectivity index (χ0n) is 27.4. The van der Waals surface area contributed by atoms with E-state index in [1.807, 2.05) is 18.2 Å². The van der Waals surface area contributed by atoms with E-state index in [0.29, 0.717) is 11.5 Å². The third-order valence-corrected chi connectivity index (χ3v) is 10.1. The van der Waals surface area contributed by atoms with Crippen molar-refractivity contribution >= 4 is 65.7 Å². The molecule has 238 valence electrons. The van der Waals surface area contributed by atoms with Gasteiger partial charge in [-0.25, -0.2) is 9.97 Å². The van der Waals surface area contributed by atoms with Gasteiger partial charge in [0, 0.05) is 38.2 Å². The number of aromatic nitrogens is 4. The minimum absolute atomic E-state index is 0.613. The molecule has 5 nitrogen and oxygen atoms in total. The van der Waals surface area contributed by atoms with Crippen molar-refractivity contribution in [3.8, 4) is 34.0 Å². The van der Waals surface area contributed by atoms with Crippen molar-refractivity contribution in [3.05, 3.63) is 170 Å². The van der Waals surface area contributed by atoms with Crippen molar-refractivity contribution in [1.82, 2.24) is 19.1 Å². The van der Waals surface area contributed by atoms with Crippen molar-refractivity contribution < 1.29 is 4.42 Å². The number of para-hydroxylation sites is 4. The van der Waals surface area contributed by atoms with Gasteiger partial charge in [-0.1, -0.05) is 115 Å². The molecule has 7 aromatic carbocycles. The van der Waals surface area contributed by atoms with E-state index in [2.05, 4.69) is 161 Å². The van der Waals surface area contributed by atoms with E-state index in [-0.39, 0.29) is 0 Å². The summed E-state index contributed by atoms with van der Waals surface area (Å²) in [5.74, 6) is 0.613. The summed E-state index contributed by atoms with van der Waals surface area (Å²) < 4.78 is 11.1. The Kier molecular flexibility index (Phi) is 5.89. The highest BCUT2D eigenvalue weighted by molar-refractivity contribution is 6.13. The van der Waals surface area contributed by atoms with E-state index >= 15 is 0 Å². The average molecular weight is 653 g/mol. The first-order valence-corrected chi connectivity index (χ1v) is 17.2. The second-order valence-electron chi connectivity index (χ2n) is 13.0. The summed E-state index contributed by atoms with van der Waals surface area (Å²) in [4.78, 5) is 10.6. The third kappa shape index (κ3) is 4.15. The highest BCUT2D eigenvalue weighted by Gasteiger charge is 2.22. The second kappa shape index (κ2) is 10.8. The van der Waals surface area contributed by atoms with E-state index < -0.39 is 0 Å². The lowest BCUT2D eigenvalue weighted by Crippen LogP contribution is -2.02. The maximum Gasteiger partial charge on any atom is 0.236 e. The highest BCUT2D eigenvalue weighted by atomic mass is 16.3. The van der Waals surface area contributed by atoms with Crippen LogP contribution in [0.25, 0.3) is 99.7 Å². The van der Waals surface area contributed by atoms with E-state index in [1.165, 1.54) is 27.3 Å². The molecule has 0 aliphatic rings.